The number of carbonyl (C=O) groups excluding carboxylic acids is 1. The minimum absolute atomic E-state index is 0.238. The summed E-state index contributed by atoms with van der Waals surface area (Å²) in [6.07, 6.45) is 3.12. The highest BCUT2D eigenvalue weighted by Crippen LogP contribution is 1.96. The van der Waals surface area contributed by atoms with Crippen LogP contribution in [0.4, 0.5) is 0 Å². The van der Waals surface area contributed by atoms with E-state index in [0.29, 0.717) is 6.54 Å². The van der Waals surface area contributed by atoms with Crippen molar-refractivity contribution in [3.05, 3.63) is 12.3 Å². The summed E-state index contributed by atoms with van der Waals surface area (Å²) >= 11 is 0. The fourth-order valence-corrected chi connectivity index (χ4v) is 0.515. The molecular formula is C9H20N4O. The number of nitrogens with zero attached hydrogens (tertiary/aromatic N) is 2. The predicted octanol–water partition coefficient (Wildman–Crippen LogP) is 1.62. The maximum Gasteiger partial charge on any atom is 0.240 e. The zero-order valence-electron chi connectivity index (χ0n) is 9.32. The summed E-state index contributed by atoms with van der Waals surface area (Å²) in [6.45, 7) is 8.25. The number of nitrogens with one attached hydrogen (secondary N) is 1. The minimum Gasteiger partial charge on any atom is -0.294 e. The summed E-state index contributed by atoms with van der Waals surface area (Å²) in [5.41, 5.74) is 2.04. The summed E-state index contributed by atoms with van der Waals surface area (Å²) in [4.78, 5) is 10.8. The summed E-state index contributed by atoms with van der Waals surface area (Å²) in [7, 11) is 0. The van der Waals surface area contributed by atoms with Crippen LogP contribution in [0.15, 0.2) is 22.5 Å². The lowest BCUT2D eigenvalue weighted by Gasteiger charge is -2.01. The van der Waals surface area contributed by atoms with Crippen LogP contribution in [-0.2, 0) is 4.79 Å². The first-order valence-electron chi connectivity index (χ1n) is 4.76. The number of carbonyl (C=O) groups is 1. The van der Waals surface area contributed by atoms with Crippen LogP contribution in [0.3, 0.4) is 0 Å². The van der Waals surface area contributed by atoms with Crippen molar-refractivity contribution >= 4 is 5.91 Å². The van der Waals surface area contributed by atoms with Crippen LogP contribution >= 0.6 is 0 Å². The van der Waals surface area contributed by atoms with E-state index >= 15 is 0 Å². The fraction of sp³-hybridized carbons (Fsp3) is 0.667. The normalized spacial score (nSPS) is 12.4. The number of hydrazine groups is 1. The lowest BCUT2D eigenvalue weighted by Crippen LogP contribution is -2.33. The molecule has 0 aliphatic heterocycles. The molecule has 1 unspecified atom stereocenters. The third kappa shape index (κ3) is 8.86. The van der Waals surface area contributed by atoms with E-state index in [9.17, 15) is 4.79 Å². The van der Waals surface area contributed by atoms with Gasteiger partial charge in [0, 0.05) is 6.20 Å². The largest absolute Gasteiger partial charge is 0.294 e. The third-order valence-electron chi connectivity index (χ3n) is 1.22. The van der Waals surface area contributed by atoms with Crippen molar-refractivity contribution in [3.8, 4) is 0 Å². The Morgan fingerprint density at radius 3 is 2.57 bits per heavy atom. The topological polar surface area (TPSA) is 79.8 Å². The Kier molecular flexibility index (Phi) is 12.8. The molecule has 3 N–H and O–H groups in total. The van der Waals surface area contributed by atoms with Crippen LogP contribution in [0.5, 0.6) is 0 Å². The van der Waals surface area contributed by atoms with E-state index in [1.54, 1.807) is 13.0 Å². The maximum absolute atomic E-state index is 10.8. The highest BCUT2D eigenvalue weighted by Gasteiger charge is 2.05. The zero-order chi connectivity index (χ0) is 11.4. The van der Waals surface area contributed by atoms with Gasteiger partial charge in [0.2, 0.25) is 5.91 Å². The molecule has 0 spiro atoms. The lowest BCUT2D eigenvalue weighted by molar-refractivity contribution is -0.123. The number of hydrogen-bond acceptors (Lipinski definition) is 4. The molecule has 0 aromatic heterocycles. The quantitative estimate of drug-likeness (QED) is 0.313. The standard InChI is InChI=1S/C7H14N4O.C2H6/c1-3-9-10-5-4-6(2)7(12)11-8;1-2/h4-6H,3,8H2,1-2H3,(H,11,12);1-2H3/b5-4-,10-9?;. The van der Waals surface area contributed by atoms with Gasteiger partial charge >= 0.3 is 0 Å². The molecule has 0 heterocycles. The van der Waals surface area contributed by atoms with E-state index in [4.69, 9.17) is 5.84 Å². The SMILES string of the molecule is CC.CCN=N/C=C\C(C)C(=O)NN. The second-order valence-corrected chi connectivity index (χ2v) is 2.21. The summed E-state index contributed by atoms with van der Waals surface area (Å²) in [5.74, 6) is 4.41. The number of hydrogen-bond donors (Lipinski definition) is 2. The van der Waals surface area contributed by atoms with Crippen molar-refractivity contribution in [2.75, 3.05) is 6.54 Å². The number of nitrogens with two attached hydrogens (primary N) is 1. The summed E-state index contributed by atoms with van der Waals surface area (Å²) in [5, 5.41) is 7.37. The van der Waals surface area contributed by atoms with Gasteiger partial charge in [0.1, 0.15) is 0 Å². The van der Waals surface area contributed by atoms with E-state index < -0.39 is 0 Å². The van der Waals surface area contributed by atoms with Crippen LogP contribution in [-0.4, -0.2) is 12.5 Å². The maximum atomic E-state index is 10.8. The Hall–Kier alpha value is -1.23. The van der Waals surface area contributed by atoms with Gasteiger partial charge in [0.15, 0.2) is 0 Å². The van der Waals surface area contributed by atoms with Crippen molar-refractivity contribution in [2.45, 2.75) is 27.7 Å². The number of azo groups is 1. The van der Waals surface area contributed by atoms with E-state index in [1.165, 1.54) is 6.20 Å². The summed E-state index contributed by atoms with van der Waals surface area (Å²) in [6, 6.07) is 0. The van der Waals surface area contributed by atoms with Crippen molar-refractivity contribution < 1.29 is 4.79 Å². The molecule has 1 atom stereocenters. The van der Waals surface area contributed by atoms with E-state index in [2.05, 4.69) is 10.2 Å². The van der Waals surface area contributed by atoms with Gasteiger partial charge in [-0.3, -0.25) is 10.2 Å². The molecule has 0 saturated carbocycles. The smallest absolute Gasteiger partial charge is 0.240 e. The fourth-order valence-electron chi connectivity index (χ4n) is 0.515. The van der Waals surface area contributed by atoms with Crippen LogP contribution < -0.4 is 11.3 Å². The Bertz CT molecular complexity index is 189. The van der Waals surface area contributed by atoms with Crippen LogP contribution in [0.2, 0.25) is 0 Å². The monoisotopic (exact) mass is 200 g/mol. The van der Waals surface area contributed by atoms with Crippen molar-refractivity contribution in [1.82, 2.24) is 5.43 Å². The van der Waals surface area contributed by atoms with E-state index in [1.807, 2.05) is 26.2 Å². The second-order valence-electron chi connectivity index (χ2n) is 2.21. The molecule has 5 heteroatoms. The third-order valence-corrected chi connectivity index (χ3v) is 1.22. The van der Waals surface area contributed by atoms with Crippen LogP contribution in [0.25, 0.3) is 0 Å². The van der Waals surface area contributed by atoms with Gasteiger partial charge in [0.05, 0.1) is 12.5 Å². The molecule has 14 heavy (non-hydrogen) atoms. The van der Waals surface area contributed by atoms with Crippen molar-refractivity contribution in [1.29, 1.82) is 0 Å². The Balaban J connectivity index is 0. The van der Waals surface area contributed by atoms with Crippen molar-refractivity contribution in [2.24, 2.45) is 22.0 Å². The molecule has 1 amide bonds. The molecule has 0 fully saturated rings. The molecule has 5 nitrogen and oxygen atoms in total. The van der Waals surface area contributed by atoms with Gasteiger partial charge in [-0.25, -0.2) is 5.84 Å². The average molecular weight is 200 g/mol. The number of amides is 1. The first-order chi connectivity index (χ1) is 6.72. The molecule has 0 aliphatic carbocycles. The summed E-state index contributed by atoms with van der Waals surface area (Å²) < 4.78 is 0. The van der Waals surface area contributed by atoms with E-state index in [-0.39, 0.29) is 11.8 Å². The second kappa shape index (κ2) is 11.8. The molecule has 0 aliphatic rings. The highest BCUT2D eigenvalue weighted by molar-refractivity contribution is 5.79. The van der Waals surface area contributed by atoms with Gasteiger partial charge in [-0.2, -0.15) is 10.2 Å². The molecule has 82 valence electrons. The zero-order valence-corrected chi connectivity index (χ0v) is 9.32. The van der Waals surface area contributed by atoms with Crippen LogP contribution in [0.1, 0.15) is 27.7 Å². The first-order valence-corrected chi connectivity index (χ1v) is 4.76. The van der Waals surface area contributed by atoms with Gasteiger partial charge in [-0.15, -0.1) is 0 Å². The highest BCUT2D eigenvalue weighted by atomic mass is 16.2. The van der Waals surface area contributed by atoms with Gasteiger partial charge in [0.25, 0.3) is 0 Å². The molecular weight excluding hydrogens is 180 g/mol. The Morgan fingerprint density at radius 2 is 2.14 bits per heavy atom. The molecule has 0 rings (SSSR count). The van der Waals surface area contributed by atoms with Gasteiger partial charge < -0.3 is 0 Å². The average Bonchev–Trinajstić information content (AvgIpc) is 2.25. The molecule has 0 saturated heterocycles. The van der Waals surface area contributed by atoms with Gasteiger partial charge in [-0.1, -0.05) is 19.9 Å². The molecule has 0 aromatic carbocycles. The van der Waals surface area contributed by atoms with Crippen LogP contribution in [0, 0.1) is 5.92 Å². The number of rotatable bonds is 4. The molecule has 0 bridgehead atoms. The van der Waals surface area contributed by atoms with Crippen molar-refractivity contribution in [3.63, 3.8) is 0 Å². The Morgan fingerprint density at radius 1 is 1.57 bits per heavy atom. The lowest BCUT2D eigenvalue weighted by atomic mass is 10.2. The van der Waals surface area contributed by atoms with E-state index in [0.717, 1.165) is 0 Å². The Labute approximate surface area is 85.4 Å². The first kappa shape index (κ1) is 15.3. The van der Waals surface area contributed by atoms with Gasteiger partial charge in [-0.05, 0) is 13.8 Å². The molecule has 0 radical (unpaired) electrons. The minimum atomic E-state index is -0.272. The predicted molar refractivity (Wildman–Crippen MR) is 57.4 cm³/mol. The molecule has 0 aromatic rings.